The maximum absolute atomic E-state index is 5.58. The number of aryl methyl sites for hydroxylation is 1. The lowest BCUT2D eigenvalue weighted by molar-refractivity contribution is 0.304. The second-order valence-electron chi connectivity index (χ2n) is 4.36. The molecular weight excluding hydrogens is 280 g/mol. The molecular formula is C13H23BrN2O. The van der Waals surface area contributed by atoms with Crippen LogP contribution in [0.25, 0.3) is 0 Å². The summed E-state index contributed by atoms with van der Waals surface area (Å²) >= 11 is 3.45. The van der Waals surface area contributed by atoms with Crippen LogP contribution in [0.5, 0.6) is 5.75 Å². The Morgan fingerprint density at radius 3 is 2.35 bits per heavy atom. The maximum atomic E-state index is 5.58. The summed E-state index contributed by atoms with van der Waals surface area (Å²) < 4.78 is 7.35. The van der Waals surface area contributed by atoms with Gasteiger partial charge in [-0.1, -0.05) is 48.0 Å². The second-order valence-corrected chi connectivity index (χ2v) is 5.16. The molecule has 0 atom stereocenters. The Morgan fingerprint density at radius 1 is 1.12 bits per heavy atom. The summed E-state index contributed by atoms with van der Waals surface area (Å²) in [4.78, 5) is 0. The minimum Gasteiger partial charge on any atom is -0.490 e. The first kappa shape index (κ1) is 14.6. The average molecular weight is 303 g/mol. The van der Waals surface area contributed by atoms with E-state index in [-0.39, 0.29) is 0 Å². The lowest BCUT2D eigenvalue weighted by atomic mass is 10.1. The van der Waals surface area contributed by atoms with E-state index in [1.165, 1.54) is 38.5 Å². The zero-order valence-electron chi connectivity index (χ0n) is 10.7. The predicted octanol–water partition coefficient (Wildman–Crippen LogP) is 3.92. The third kappa shape index (κ3) is 7.42. The van der Waals surface area contributed by atoms with Crippen molar-refractivity contribution >= 4 is 15.9 Å². The lowest BCUT2D eigenvalue weighted by Crippen LogP contribution is -1.96. The summed E-state index contributed by atoms with van der Waals surface area (Å²) in [6.45, 7) is 0.813. The molecule has 98 valence electrons. The van der Waals surface area contributed by atoms with Crippen LogP contribution in [-0.4, -0.2) is 21.7 Å². The molecule has 17 heavy (non-hydrogen) atoms. The van der Waals surface area contributed by atoms with Gasteiger partial charge in [-0.25, -0.2) is 0 Å². The van der Waals surface area contributed by atoms with E-state index in [9.17, 15) is 0 Å². The van der Waals surface area contributed by atoms with Gasteiger partial charge in [0, 0.05) is 12.4 Å². The molecule has 0 radical (unpaired) electrons. The molecule has 0 spiro atoms. The number of rotatable bonds is 10. The fourth-order valence-electron chi connectivity index (χ4n) is 1.74. The van der Waals surface area contributed by atoms with Crippen molar-refractivity contribution in [3.8, 4) is 5.75 Å². The van der Waals surface area contributed by atoms with Crippen LogP contribution in [0.4, 0.5) is 0 Å². The highest BCUT2D eigenvalue weighted by molar-refractivity contribution is 9.09. The number of unbranched alkanes of at least 4 members (excludes halogenated alkanes) is 6. The fourth-order valence-corrected chi connectivity index (χ4v) is 2.14. The molecule has 0 bridgehead atoms. The van der Waals surface area contributed by atoms with Crippen molar-refractivity contribution < 1.29 is 4.74 Å². The molecule has 0 saturated carbocycles. The number of hydrogen-bond acceptors (Lipinski definition) is 2. The zero-order chi connectivity index (χ0) is 12.3. The van der Waals surface area contributed by atoms with Crippen molar-refractivity contribution in [1.82, 2.24) is 9.78 Å². The van der Waals surface area contributed by atoms with Crippen molar-refractivity contribution in [2.45, 2.75) is 44.9 Å². The fraction of sp³-hybridized carbons (Fsp3) is 0.769. The largest absolute Gasteiger partial charge is 0.490 e. The van der Waals surface area contributed by atoms with Gasteiger partial charge in [0.1, 0.15) is 0 Å². The van der Waals surface area contributed by atoms with Crippen LogP contribution in [0.15, 0.2) is 12.4 Å². The van der Waals surface area contributed by atoms with Crippen LogP contribution < -0.4 is 4.74 Å². The van der Waals surface area contributed by atoms with Gasteiger partial charge in [0.2, 0.25) is 0 Å². The average Bonchev–Trinajstić information content (AvgIpc) is 2.73. The van der Waals surface area contributed by atoms with E-state index < -0.39 is 0 Å². The summed E-state index contributed by atoms with van der Waals surface area (Å²) in [6.07, 6.45) is 12.8. The molecule has 0 saturated heterocycles. The summed E-state index contributed by atoms with van der Waals surface area (Å²) in [7, 11) is 1.90. The first-order valence-corrected chi connectivity index (χ1v) is 7.62. The minimum absolute atomic E-state index is 0.813. The molecule has 0 N–H and O–H groups in total. The molecule has 0 amide bonds. The van der Waals surface area contributed by atoms with Crippen LogP contribution in [0, 0.1) is 0 Å². The highest BCUT2D eigenvalue weighted by Gasteiger charge is 1.96. The molecule has 4 heteroatoms. The summed E-state index contributed by atoms with van der Waals surface area (Å²) in [5.74, 6) is 0.879. The smallest absolute Gasteiger partial charge is 0.157 e. The first-order chi connectivity index (χ1) is 8.33. The number of ether oxygens (including phenoxy) is 1. The van der Waals surface area contributed by atoms with Gasteiger partial charge in [-0.2, -0.15) is 5.10 Å². The van der Waals surface area contributed by atoms with Crippen LogP contribution in [0.1, 0.15) is 44.9 Å². The van der Waals surface area contributed by atoms with Gasteiger partial charge in [0.05, 0.1) is 19.0 Å². The van der Waals surface area contributed by atoms with E-state index in [4.69, 9.17) is 4.74 Å². The van der Waals surface area contributed by atoms with Gasteiger partial charge in [-0.3, -0.25) is 4.68 Å². The zero-order valence-corrected chi connectivity index (χ0v) is 12.3. The summed E-state index contributed by atoms with van der Waals surface area (Å²) in [6, 6.07) is 0. The van der Waals surface area contributed by atoms with Gasteiger partial charge < -0.3 is 4.74 Å². The molecule has 0 aliphatic carbocycles. The highest BCUT2D eigenvalue weighted by Crippen LogP contribution is 2.10. The van der Waals surface area contributed by atoms with Gasteiger partial charge in [0.25, 0.3) is 0 Å². The summed E-state index contributed by atoms with van der Waals surface area (Å²) in [5.41, 5.74) is 0. The van der Waals surface area contributed by atoms with Gasteiger partial charge in [-0.15, -0.1) is 0 Å². The number of hydrogen-bond donors (Lipinski definition) is 0. The van der Waals surface area contributed by atoms with Crippen molar-refractivity contribution in [1.29, 1.82) is 0 Å². The van der Waals surface area contributed by atoms with E-state index in [0.717, 1.165) is 24.1 Å². The minimum atomic E-state index is 0.813. The number of aromatic nitrogens is 2. The van der Waals surface area contributed by atoms with Crippen molar-refractivity contribution in [3.05, 3.63) is 12.4 Å². The Morgan fingerprint density at radius 2 is 1.76 bits per heavy atom. The molecule has 0 aliphatic heterocycles. The molecule has 0 fully saturated rings. The van der Waals surface area contributed by atoms with E-state index in [1.54, 1.807) is 10.9 Å². The molecule has 1 heterocycles. The topological polar surface area (TPSA) is 27.1 Å². The standard InChI is InChI=1S/C13H23BrN2O/c1-16-12-13(11-15-16)17-10-8-6-4-2-3-5-7-9-14/h11-12H,2-10H2,1H3. The normalized spacial score (nSPS) is 10.7. The molecule has 1 aromatic heterocycles. The molecule has 0 unspecified atom stereocenters. The molecule has 3 nitrogen and oxygen atoms in total. The quantitative estimate of drug-likeness (QED) is 0.484. The third-order valence-corrected chi connectivity index (χ3v) is 3.29. The van der Waals surface area contributed by atoms with Crippen LogP contribution in [0.3, 0.4) is 0 Å². The van der Waals surface area contributed by atoms with Crippen molar-refractivity contribution in [2.75, 3.05) is 11.9 Å². The van der Waals surface area contributed by atoms with Gasteiger partial charge in [-0.05, 0) is 12.8 Å². The second kappa shape index (κ2) is 9.51. The van der Waals surface area contributed by atoms with Crippen LogP contribution in [0.2, 0.25) is 0 Å². The Balaban J connectivity index is 1.84. The van der Waals surface area contributed by atoms with E-state index in [0.29, 0.717) is 0 Å². The molecule has 0 aromatic carbocycles. The number of nitrogens with zero attached hydrogens (tertiary/aromatic N) is 2. The Bertz CT molecular complexity index is 289. The predicted molar refractivity (Wildman–Crippen MR) is 74.8 cm³/mol. The molecule has 1 aromatic rings. The maximum Gasteiger partial charge on any atom is 0.157 e. The SMILES string of the molecule is Cn1cc(OCCCCCCCCCBr)cn1. The van der Waals surface area contributed by atoms with E-state index >= 15 is 0 Å². The van der Waals surface area contributed by atoms with E-state index in [1.807, 2.05) is 13.2 Å². The summed E-state index contributed by atoms with van der Waals surface area (Å²) in [5, 5.41) is 5.21. The van der Waals surface area contributed by atoms with E-state index in [2.05, 4.69) is 21.0 Å². The molecule has 1 rings (SSSR count). The first-order valence-electron chi connectivity index (χ1n) is 6.50. The van der Waals surface area contributed by atoms with Crippen LogP contribution in [-0.2, 0) is 7.05 Å². The highest BCUT2D eigenvalue weighted by atomic mass is 79.9. The van der Waals surface area contributed by atoms with Crippen molar-refractivity contribution in [3.63, 3.8) is 0 Å². The number of halogens is 1. The molecule has 0 aliphatic rings. The number of alkyl halides is 1. The van der Waals surface area contributed by atoms with Crippen molar-refractivity contribution in [2.24, 2.45) is 7.05 Å². The van der Waals surface area contributed by atoms with Gasteiger partial charge in [0.15, 0.2) is 5.75 Å². The Kier molecular flexibility index (Phi) is 8.14. The van der Waals surface area contributed by atoms with Crippen LogP contribution >= 0.6 is 15.9 Å². The Labute approximate surface area is 113 Å². The Hall–Kier alpha value is -0.510. The monoisotopic (exact) mass is 302 g/mol. The van der Waals surface area contributed by atoms with Gasteiger partial charge >= 0.3 is 0 Å². The third-order valence-electron chi connectivity index (χ3n) is 2.73. The lowest BCUT2D eigenvalue weighted by Gasteiger charge is -2.03.